The van der Waals surface area contributed by atoms with Gasteiger partial charge in [0.05, 0.1) is 17.1 Å². The van der Waals surface area contributed by atoms with Crippen molar-refractivity contribution >= 4 is 22.7 Å². The molecule has 3 aromatic rings. The number of hydrogen-bond acceptors (Lipinski definition) is 4. The fourth-order valence-electron chi connectivity index (χ4n) is 2.74. The van der Waals surface area contributed by atoms with Crippen LogP contribution in [0, 0.1) is 11.6 Å². The third-order valence-electron chi connectivity index (χ3n) is 3.90. The Labute approximate surface area is 142 Å². The molecule has 0 saturated carbocycles. The highest BCUT2D eigenvalue weighted by molar-refractivity contribution is 6.04. The predicted octanol–water partition coefficient (Wildman–Crippen LogP) is 4.17. The van der Waals surface area contributed by atoms with Crippen LogP contribution in [0.15, 0.2) is 42.7 Å². The second-order valence-corrected chi connectivity index (χ2v) is 5.54. The maximum Gasteiger partial charge on any atom is 0.337 e. The highest BCUT2D eigenvalue weighted by atomic mass is 19.1. The number of benzene rings is 2. The number of aromatic nitrogens is 2. The van der Waals surface area contributed by atoms with Gasteiger partial charge in [-0.2, -0.15) is 0 Å². The van der Waals surface area contributed by atoms with Crippen LogP contribution in [0.1, 0.15) is 35.3 Å². The van der Waals surface area contributed by atoms with Gasteiger partial charge in [-0.15, -0.1) is 0 Å². The number of carbonyl (C=O) groups is 1. The lowest BCUT2D eigenvalue weighted by Gasteiger charge is -2.19. The van der Waals surface area contributed by atoms with Crippen LogP contribution in [0.25, 0.3) is 10.9 Å². The number of rotatable bonds is 5. The average Bonchev–Trinajstić information content (AvgIpc) is 2.58. The third kappa shape index (κ3) is 3.40. The second-order valence-electron chi connectivity index (χ2n) is 5.54. The summed E-state index contributed by atoms with van der Waals surface area (Å²) < 4.78 is 27.0. The van der Waals surface area contributed by atoms with Crippen molar-refractivity contribution in [1.82, 2.24) is 9.97 Å². The van der Waals surface area contributed by atoms with Gasteiger partial charge in [-0.05, 0) is 36.2 Å². The standard InChI is InChI=1S/C18H15F2N3O2/c1-2-15(10-6-11(19)8-12(20)7-10)23-17-13-4-3-5-14(18(24)25)16(13)21-9-22-17/h3-9,15H,2H2,1H3,(H,24,25)(H,21,22,23). The second kappa shape index (κ2) is 6.80. The van der Waals surface area contributed by atoms with Gasteiger partial charge < -0.3 is 10.4 Å². The van der Waals surface area contributed by atoms with Crippen LogP contribution in [0.4, 0.5) is 14.6 Å². The number of carboxylic acids is 1. The van der Waals surface area contributed by atoms with Crippen LogP contribution in [-0.4, -0.2) is 21.0 Å². The highest BCUT2D eigenvalue weighted by Gasteiger charge is 2.16. The van der Waals surface area contributed by atoms with E-state index in [-0.39, 0.29) is 5.56 Å². The Morgan fingerprint density at radius 2 is 1.92 bits per heavy atom. The van der Waals surface area contributed by atoms with Crippen LogP contribution >= 0.6 is 0 Å². The van der Waals surface area contributed by atoms with Gasteiger partial charge in [-0.3, -0.25) is 0 Å². The zero-order valence-corrected chi connectivity index (χ0v) is 13.3. The number of nitrogens with zero attached hydrogens (tertiary/aromatic N) is 2. The largest absolute Gasteiger partial charge is 0.478 e. The SMILES string of the molecule is CCC(Nc1ncnc2c(C(=O)O)cccc12)c1cc(F)cc(F)c1. The van der Waals surface area contributed by atoms with E-state index < -0.39 is 23.6 Å². The molecule has 0 aliphatic carbocycles. The molecule has 1 atom stereocenters. The molecule has 0 fully saturated rings. The summed E-state index contributed by atoms with van der Waals surface area (Å²) in [7, 11) is 0. The van der Waals surface area contributed by atoms with Gasteiger partial charge in [0.1, 0.15) is 23.8 Å². The molecule has 128 valence electrons. The molecular weight excluding hydrogens is 328 g/mol. The fourth-order valence-corrected chi connectivity index (χ4v) is 2.74. The first kappa shape index (κ1) is 16.8. The van der Waals surface area contributed by atoms with Crippen molar-refractivity contribution in [1.29, 1.82) is 0 Å². The van der Waals surface area contributed by atoms with Crippen molar-refractivity contribution in [2.75, 3.05) is 5.32 Å². The van der Waals surface area contributed by atoms with Gasteiger partial charge in [-0.1, -0.05) is 13.0 Å². The molecule has 0 saturated heterocycles. The van der Waals surface area contributed by atoms with Crippen molar-refractivity contribution in [3.05, 3.63) is 65.5 Å². The highest BCUT2D eigenvalue weighted by Crippen LogP contribution is 2.28. The Bertz CT molecular complexity index is 927. The molecular formula is C18H15F2N3O2. The van der Waals surface area contributed by atoms with Crippen LogP contribution in [0.2, 0.25) is 0 Å². The van der Waals surface area contributed by atoms with E-state index in [9.17, 15) is 18.7 Å². The quantitative estimate of drug-likeness (QED) is 0.727. The van der Waals surface area contributed by atoms with Crippen molar-refractivity contribution in [3.8, 4) is 0 Å². The Balaban J connectivity index is 2.04. The number of anilines is 1. The summed E-state index contributed by atoms with van der Waals surface area (Å²) in [6.07, 6.45) is 1.81. The summed E-state index contributed by atoms with van der Waals surface area (Å²) in [5.74, 6) is -1.99. The van der Waals surface area contributed by atoms with Gasteiger partial charge in [0.2, 0.25) is 0 Å². The molecule has 1 aromatic heterocycles. The van der Waals surface area contributed by atoms with E-state index >= 15 is 0 Å². The smallest absolute Gasteiger partial charge is 0.337 e. The molecule has 0 aliphatic heterocycles. The van der Waals surface area contributed by atoms with E-state index in [1.807, 2.05) is 6.92 Å². The number of fused-ring (bicyclic) bond motifs is 1. The maximum atomic E-state index is 13.5. The minimum atomic E-state index is -1.09. The van der Waals surface area contributed by atoms with Gasteiger partial charge in [0, 0.05) is 11.5 Å². The van der Waals surface area contributed by atoms with E-state index in [2.05, 4.69) is 15.3 Å². The predicted molar refractivity (Wildman–Crippen MR) is 89.5 cm³/mol. The molecule has 1 unspecified atom stereocenters. The molecule has 2 N–H and O–H groups in total. The van der Waals surface area contributed by atoms with E-state index in [0.29, 0.717) is 28.7 Å². The molecule has 7 heteroatoms. The number of nitrogens with one attached hydrogen (secondary N) is 1. The Morgan fingerprint density at radius 3 is 2.56 bits per heavy atom. The number of hydrogen-bond donors (Lipinski definition) is 2. The molecule has 25 heavy (non-hydrogen) atoms. The lowest BCUT2D eigenvalue weighted by molar-refractivity contribution is 0.0699. The Hall–Kier alpha value is -3.09. The molecule has 1 heterocycles. The molecule has 0 amide bonds. The minimum absolute atomic E-state index is 0.0628. The molecule has 0 bridgehead atoms. The molecule has 2 aromatic carbocycles. The Morgan fingerprint density at radius 1 is 1.20 bits per heavy atom. The summed E-state index contributed by atoms with van der Waals surface area (Å²) in [6, 6.07) is 7.70. The molecule has 0 spiro atoms. The van der Waals surface area contributed by atoms with Gasteiger partial charge in [-0.25, -0.2) is 23.5 Å². The lowest BCUT2D eigenvalue weighted by Crippen LogP contribution is -2.12. The summed E-state index contributed by atoms with van der Waals surface area (Å²) in [5.41, 5.74) is 0.807. The first-order valence-electron chi connectivity index (χ1n) is 7.69. The van der Waals surface area contributed by atoms with Crippen molar-refractivity contribution in [3.63, 3.8) is 0 Å². The van der Waals surface area contributed by atoms with Crippen LogP contribution in [0.5, 0.6) is 0 Å². The first-order chi connectivity index (χ1) is 12.0. The van der Waals surface area contributed by atoms with E-state index in [4.69, 9.17) is 0 Å². The Kier molecular flexibility index (Phi) is 4.56. The van der Waals surface area contributed by atoms with Crippen LogP contribution in [0.3, 0.4) is 0 Å². The molecule has 0 radical (unpaired) electrons. The van der Waals surface area contributed by atoms with E-state index in [1.54, 1.807) is 12.1 Å². The minimum Gasteiger partial charge on any atom is -0.478 e. The van der Waals surface area contributed by atoms with Crippen molar-refractivity contribution < 1.29 is 18.7 Å². The number of para-hydroxylation sites is 1. The monoisotopic (exact) mass is 343 g/mol. The van der Waals surface area contributed by atoms with Crippen LogP contribution in [-0.2, 0) is 0 Å². The van der Waals surface area contributed by atoms with E-state index in [0.717, 1.165) is 6.07 Å². The summed E-state index contributed by atoms with van der Waals surface area (Å²) >= 11 is 0. The van der Waals surface area contributed by atoms with Gasteiger partial charge in [0.15, 0.2) is 0 Å². The number of aromatic carboxylic acids is 1. The van der Waals surface area contributed by atoms with Crippen molar-refractivity contribution in [2.24, 2.45) is 0 Å². The molecule has 0 aliphatic rings. The molecule has 3 rings (SSSR count). The topological polar surface area (TPSA) is 75.1 Å². The maximum absolute atomic E-state index is 13.5. The zero-order valence-electron chi connectivity index (χ0n) is 13.3. The van der Waals surface area contributed by atoms with Gasteiger partial charge in [0.25, 0.3) is 0 Å². The number of carboxylic acid groups (broad SMARTS) is 1. The lowest BCUT2D eigenvalue weighted by atomic mass is 10.0. The molecule has 5 nitrogen and oxygen atoms in total. The van der Waals surface area contributed by atoms with Crippen molar-refractivity contribution in [2.45, 2.75) is 19.4 Å². The first-order valence-corrected chi connectivity index (χ1v) is 7.69. The summed E-state index contributed by atoms with van der Waals surface area (Å²) in [6.45, 7) is 1.87. The fraction of sp³-hybridized carbons (Fsp3) is 0.167. The number of halogens is 2. The summed E-state index contributed by atoms with van der Waals surface area (Å²) in [5, 5.41) is 12.9. The normalized spacial score (nSPS) is 12.1. The van der Waals surface area contributed by atoms with Gasteiger partial charge >= 0.3 is 5.97 Å². The average molecular weight is 343 g/mol. The summed E-state index contributed by atoms with van der Waals surface area (Å²) in [4.78, 5) is 19.5. The zero-order chi connectivity index (χ0) is 18.0. The van der Waals surface area contributed by atoms with E-state index in [1.165, 1.54) is 24.5 Å². The van der Waals surface area contributed by atoms with Crippen LogP contribution < -0.4 is 5.32 Å². The third-order valence-corrected chi connectivity index (χ3v) is 3.90.